The Morgan fingerprint density at radius 1 is 1.26 bits per heavy atom. The minimum absolute atomic E-state index is 0.807. The summed E-state index contributed by atoms with van der Waals surface area (Å²) < 4.78 is 11.0. The zero-order valence-electron chi connectivity index (χ0n) is 12.6. The van der Waals surface area contributed by atoms with E-state index in [1.807, 2.05) is 19.1 Å². The van der Waals surface area contributed by atoms with E-state index in [1.54, 1.807) is 0 Å². The lowest BCUT2D eigenvalue weighted by Crippen LogP contribution is -2.30. The molecule has 19 heavy (non-hydrogen) atoms. The molecule has 0 aliphatic rings. The molecule has 0 amide bonds. The number of unbranched alkanes of at least 4 members (excludes halogenated alkanes) is 1. The number of hydrogen-bond acceptors (Lipinski definition) is 4. The first-order chi connectivity index (χ1) is 9.22. The molecule has 0 aliphatic carbocycles. The second-order valence-corrected chi connectivity index (χ2v) is 4.97. The number of ether oxygens (including phenoxy) is 1. The van der Waals surface area contributed by atoms with Crippen LogP contribution in [-0.4, -0.2) is 44.8 Å². The van der Waals surface area contributed by atoms with Crippen molar-refractivity contribution in [2.75, 3.05) is 39.9 Å². The minimum Gasteiger partial charge on any atom is -0.465 e. The zero-order valence-corrected chi connectivity index (χ0v) is 12.6. The van der Waals surface area contributed by atoms with Crippen LogP contribution in [0.1, 0.15) is 31.3 Å². The van der Waals surface area contributed by atoms with Crippen molar-refractivity contribution in [3.63, 3.8) is 0 Å². The van der Waals surface area contributed by atoms with Gasteiger partial charge in [0, 0.05) is 26.2 Å². The van der Waals surface area contributed by atoms with Crippen LogP contribution in [0.2, 0.25) is 0 Å². The van der Waals surface area contributed by atoms with Crippen LogP contribution in [0.3, 0.4) is 0 Å². The molecule has 0 aromatic carbocycles. The number of nitrogens with zero attached hydrogens (tertiary/aromatic N) is 1. The van der Waals surface area contributed by atoms with Gasteiger partial charge in [0.25, 0.3) is 0 Å². The largest absolute Gasteiger partial charge is 0.465 e. The van der Waals surface area contributed by atoms with Gasteiger partial charge < -0.3 is 14.5 Å². The SMILES string of the molecule is CCCCOCCNCCN(C)Cc1ccc(C)o1. The third kappa shape index (κ3) is 8.03. The molecule has 1 N–H and O–H groups in total. The van der Waals surface area contributed by atoms with Gasteiger partial charge in [0.05, 0.1) is 13.2 Å². The second kappa shape index (κ2) is 10.0. The molecule has 0 spiro atoms. The first-order valence-corrected chi connectivity index (χ1v) is 7.24. The maximum absolute atomic E-state index is 5.55. The maximum atomic E-state index is 5.55. The molecule has 0 unspecified atom stereocenters. The van der Waals surface area contributed by atoms with Crippen molar-refractivity contribution in [3.05, 3.63) is 23.7 Å². The fraction of sp³-hybridized carbons (Fsp3) is 0.733. The van der Waals surface area contributed by atoms with Gasteiger partial charge in [-0.25, -0.2) is 0 Å². The van der Waals surface area contributed by atoms with Crippen molar-refractivity contribution in [2.24, 2.45) is 0 Å². The van der Waals surface area contributed by atoms with Crippen LogP contribution in [0.15, 0.2) is 16.5 Å². The van der Waals surface area contributed by atoms with Crippen LogP contribution in [-0.2, 0) is 11.3 Å². The number of rotatable bonds is 11. The second-order valence-electron chi connectivity index (χ2n) is 4.97. The van der Waals surface area contributed by atoms with Crippen molar-refractivity contribution in [2.45, 2.75) is 33.2 Å². The summed E-state index contributed by atoms with van der Waals surface area (Å²) in [5.74, 6) is 2.01. The van der Waals surface area contributed by atoms with E-state index in [2.05, 4.69) is 24.2 Å². The van der Waals surface area contributed by atoms with E-state index in [-0.39, 0.29) is 0 Å². The molecule has 1 aromatic rings. The van der Waals surface area contributed by atoms with Crippen LogP contribution in [0, 0.1) is 6.92 Å². The molecule has 0 aliphatic heterocycles. The predicted octanol–water partition coefficient (Wildman–Crippen LogP) is 2.43. The van der Waals surface area contributed by atoms with Crippen molar-refractivity contribution in [1.82, 2.24) is 10.2 Å². The molecule has 1 rings (SSSR count). The molecule has 4 nitrogen and oxygen atoms in total. The third-order valence-corrected chi connectivity index (χ3v) is 2.96. The van der Waals surface area contributed by atoms with Gasteiger partial charge in [-0.2, -0.15) is 0 Å². The average molecular weight is 268 g/mol. The van der Waals surface area contributed by atoms with Crippen molar-refractivity contribution in [1.29, 1.82) is 0 Å². The van der Waals surface area contributed by atoms with Crippen LogP contribution >= 0.6 is 0 Å². The summed E-state index contributed by atoms with van der Waals surface area (Å²) in [6.45, 7) is 9.63. The molecule has 0 saturated heterocycles. The van der Waals surface area contributed by atoms with Crippen LogP contribution in [0.4, 0.5) is 0 Å². The monoisotopic (exact) mass is 268 g/mol. The van der Waals surface area contributed by atoms with Gasteiger partial charge >= 0.3 is 0 Å². The first-order valence-electron chi connectivity index (χ1n) is 7.24. The van der Waals surface area contributed by atoms with Crippen molar-refractivity contribution >= 4 is 0 Å². The number of nitrogens with one attached hydrogen (secondary N) is 1. The summed E-state index contributed by atoms with van der Waals surface area (Å²) >= 11 is 0. The van der Waals surface area contributed by atoms with E-state index < -0.39 is 0 Å². The lowest BCUT2D eigenvalue weighted by atomic mass is 10.4. The number of hydrogen-bond donors (Lipinski definition) is 1. The topological polar surface area (TPSA) is 37.6 Å². The van der Waals surface area contributed by atoms with Crippen molar-refractivity contribution < 1.29 is 9.15 Å². The first kappa shape index (κ1) is 16.2. The molecule has 4 heteroatoms. The molecule has 0 bridgehead atoms. The fourth-order valence-electron chi connectivity index (χ4n) is 1.80. The summed E-state index contributed by atoms with van der Waals surface area (Å²) in [5.41, 5.74) is 0. The van der Waals surface area contributed by atoms with E-state index in [0.29, 0.717) is 0 Å². The Hall–Kier alpha value is -0.840. The Kier molecular flexibility index (Phi) is 8.54. The van der Waals surface area contributed by atoms with Gasteiger partial charge in [0.2, 0.25) is 0 Å². The van der Waals surface area contributed by atoms with Gasteiger partial charge in [-0.1, -0.05) is 13.3 Å². The highest BCUT2D eigenvalue weighted by Crippen LogP contribution is 2.07. The van der Waals surface area contributed by atoms with Crippen LogP contribution < -0.4 is 5.32 Å². The highest BCUT2D eigenvalue weighted by atomic mass is 16.5. The Balaban J connectivity index is 1.94. The number of furan rings is 1. The van der Waals surface area contributed by atoms with Crippen molar-refractivity contribution in [3.8, 4) is 0 Å². The summed E-state index contributed by atoms with van der Waals surface area (Å²) in [6.07, 6.45) is 2.36. The van der Waals surface area contributed by atoms with Crippen LogP contribution in [0.5, 0.6) is 0 Å². The minimum atomic E-state index is 0.807. The van der Waals surface area contributed by atoms with E-state index >= 15 is 0 Å². The Bertz CT molecular complexity index is 326. The third-order valence-electron chi connectivity index (χ3n) is 2.96. The standard InChI is InChI=1S/C15H28N2O2/c1-4-5-11-18-12-9-16-8-10-17(3)13-15-7-6-14(2)19-15/h6-7,16H,4-5,8-13H2,1-3H3. The molecule has 1 aromatic heterocycles. The van der Waals surface area contributed by atoms with E-state index in [0.717, 1.165) is 57.3 Å². The molecular weight excluding hydrogens is 240 g/mol. The summed E-state index contributed by atoms with van der Waals surface area (Å²) in [6, 6.07) is 4.05. The summed E-state index contributed by atoms with van der Waals surface area (Å²) in [4.78, 5) is 2.25. The van der Waals surface area contributed by atoms with E-state index in [4.69, 9.17) is 9.15 Å². The zero-order chi connectivity index (χ0) is 13.9. The highest BCUT2D eigenvalue weighted by Gasteiger charge is 2.03. The Labute approximate surface area is 117 Å². The lowest BCUT2D eigenvalue weighted by Gasteiger charge is -2.15. The predicted molar refractivity (Wildman–Crippen MR) is 78.4 cm³/mol. The molecule has 1 heterocycles. The van der Waals surface area contributed by atoms with Gasteiger partial charge in [0.1, 0.15) is 11.5 Å². The van der Waals surface area contributed by atoms with E-state index in [1.165, 1.54) is 6.42 Å². The molecule has 0 atom stereocenters. The molecule has 0 fully saturated rings. The van der Waals surface area contributed by atoms with Gasteiger partial charge in [-0.05, 0) is 32.5 Å². The van der Waals surface area contributed by atoms with Gasteiger partial charge in [0.15, 0.2) is 0 Å². The van der Waals surface area contributed by atoms with Crippen LogP contribution in [0.25, 0.3) is 0 Å². The highest BCUT2D eigenvalue weighted by molar-refractivity contribution is 5.05. The van der Waals surface area contributed by atoms with Gasteiger partial charge in [-0.3, -0.25) is 4.90 Å². The average Bonchev–Trinajstić information content (AvgIpc) is 2.78. The molecule has 0 saturated carbocycles. The molecule has 0 radical (unpaired) electrons. The van der Waals surface area contributed by atoms with Gasteiger partial charge in [-0.15, -0.1) is 0 Å². The number of likely N-dealkylation sites (N-methyl/N-ethyl adjacent to an activating group) is 1. The summed E-state index contributed by atoms with van der Waals surface area (Å²) in [7, 11) is 2.11. The Morgan fingerprint density at radius 3 is 2.79 bits per heavy atom. The lowest BCUT2D eigenvalue weighted by molar-refractivity contribution is 0.132. The normalized spacial score (nSPS) is 11.4. The number of aryl methyl sites for hydroxylation is 1. The summed E-state index contributed by atoms with van der Waals surface area (Å²) in [5, 5.41) is 3.39. The maximum Gasteiger partial charge on any atom is 0.118 e. The molecular formula is C15H28N2O2. The quantitative estimate of drug-likeness (QED) is 0.626. The van der Waals surface area contributed by atoms with E-state index in [9.17, 15) is 0 Å². The Morgan fingerprint density at radius 2 is 2.11 bits per heavy atom. The fourth-order valence-corrected chi connectivity index (χ4v) is 1.80. The molecule has 110 valence electrons. The smallest absolute Gasteiger partial charge is 0.118 e.